The van der Waals surface area contributed by atoms with Gasteiger partial charge in [0, 0.05) is 18.0 Å². The number of hydrogen-bond donors (Lipinski definition) is 2. The van der Waals surface area contributed by atoms with Gasteiger partial charge in [-0.3, -0.25) is 0 Å². The highest BCUT2D eigenvalue weighted by Gasteiger charge is 2.27. The first kappa shape index (κ1) is 23.3. The lowest BCUT2D eigenvalue weighted by molar-refractivity contribution is -0.139. The summed E-state index contributed by atoms with van der Waals surface area (Å²) in [5.74, 6) is -1.26. The molecule has 8 nitrogen and oxygen atoms in total. The molecule has 0 aliphatic carbocycles. The van der Waals surface area contributed by atoms with E-state index >= 15 is 0 Å². The molecule has 0 aliphatic rings. The van der Waals surface area contributed by atoms with Crippen molar-refractivity contribution in [2.45, 2.75) is 50.7 Å². The monoisotopic (exact) mass is 458 g/mol. The number of carboxylic acids is 1. The lowest BCUT2D eigenvalue weighted by atomic mass is 10.1. The highest BCUT2D eigenvalue weighted by molar-refractivity contribution is 7.90. The van der Waals surface area contributed by atoms with Crippen LogP contribution in [-0.2, 0) is 26.0 Å². The van der Waals surface area contributed by atoms with E-state index in [4.69, 9.17) is 4.74 Å². The number of aliphatic carboxylic acids is 1. The summed E-state index contributed by atoms with van der Waals surface area (Å²) in [5, 5.41) is 12.6. The van der Waals surface area contributed by atoms with Crippen LogP contribution in [0.25, 0.3) is 10.9 Å². The Morgan fingerprint density at radius 1 is 1.09 bits per heavy atom. The Morgan fingerprint density at radius 3 is 2.31 bits per heavy atom. The number of nitrogens with one attached hydrogen (secondary N) is 1. The van der Waals surface area contributed by atoms with Crippen LogP contribution < -0.4 is 5.32 Å². The number of rotatable bonds is 6. The fraction of sp³-hybridized carbons (Fsp3) is 0.304. The Hall–Kier alpha value is -3.33. The van der Waals surface area contributed by atoms with E-state index in [1.54, 1.807) is 57.2 Å². The summed E-state index contributed by atoms with van der Waals surface area (Å²) in [5.41, 5.74) is 1.04. The predicted molar refractivity (Wildman–Crippen MR) is 120 cm³/mol. The fourth-order valence-corrected chi connectivity index (χ4v) is 4.66. The smallest absolute Gasteiger partial charge is 0.408 e. The molecule has 2 aromatic carbocycles. The summed E-state index contributed by atoms with van der Waals surface area (Å²) in [7, 11) is -3.91. The van der Waals surface area contributed by atoms with Crippen molar-refractivity contribution < 1.29 is 27.9 Å². The summed E-state index contributed by atoms with van der Waals surface area (Å²) < 4.78 is 32.9. The van der Waals surface area contributed by atoms with E-state index in [0.717, 1.165) is 9.54 Å². The van der Waals surface area contributed by atoms with E-state index in [9.17, 15) is 23.1 Å². The molecule has 3 rings (SSSR count). The molecule has 0 saturated heterocycles. The van der Waals surface area contributed by atoms with Crippen molar-refractivity contribution in [3.8, 4) is 0 Å². The number of para-hydroxylation sites is 1. The van der Waals surface area contributed by atoms with Gasteiger partial charge < -0.3 is 15.2 Å². The van der Waals surface area contributed by atoms with Crippen LogP contribution in [0.2, 0.25) is 0 Å². The summed E-state index contributed by atoms with van der Waals surface area (Å²) in [6, 6.07) is 12.0. The summed E-state index contributed by atoms with van der Waals surface area (Å²) in [6.45, 7) is 6.88. The molecule has 170 valence electrons. The van der Waals surface area contributed by atoms with Gasteiger partial charge in [-0.25, -0.2) is 22.0 Å². The molecule has 1 aromatic heterocycles. The molecule has 0 spiro atoms. The second-order valence-corrected chi connectivity index (χ2v) is 10.3. The number of carboxylic acid groups (broad SMARTS) is 1. The molecule has 2 N–H and O–H groups in total. The minimum atomic E-state index is -3.91. The number of nitrogens with zero attached hydrogens (tertiary/aromatic N) is 1. The van der Waals surface area contributed by atoms with Crippen LogP contribution in [0.3, 0.4) is 0 Å². The standard InChI is InChI=1S/C23H26N2O6S/c1-15-9-11-17(12-10-15)32(29,30)25-14-16(18-7-5-6-8-20(18)25)13-19(21(26)27)24-22(28)31-23(2,3)4/h5-12,14,19H,13H2,1-4H3,(H,24,28)(H,26,27)/t19-/m1/s1. The summed E-state index contributed by atoms with van der Waals surface area (Å²) in [4.78, 5) is 24.0. The van der Waals surface area contributed by atoms with E-state index in [1.165, 1.54) is 18.3 Å². The lowest BCUT2D eigenvalue weighted by Gasteiger charge is -2.22. The maximum atomic E-state index is 13.3. The Labute approximate surface area is 186 Å². The van der Waals surface area contributed by atoms with Crippen LogP contribution in [0, 0.1) is 6.92 Å². The van der Waals surface area contributed by atoms with Gasteiger partial charge in [0.15, 0.2) is 0 Å². The van der Waals surface area contributed by atoms with Gasteiger partial charge in [-0.05, 0) is 51.5 Å². The minimum Gasteiger partial charge on any atom is -0.480 e. The van der Waals surface area contributed by atoms with Crippen molar-refractivity contribution in [2.24, 2.45) is 0 Å². The Balaban J connectivity index is 2.00. The number of carbonyl (C=O) groups is 2. The molecule has 0 fully saturated rings. The number of benzene rings is 2. The Bertz CT molecular complexity index is 1250. The maximum Gasteiger partial charge on any atom is 0.408 e. The largest absolute Gasteiger partial charge is 0.480 e. The molecule has 1 amide bonds. The fourth-order valence-electron chi connectivity index (χ4n) is 3.27. The molecule has 0 saturated carbocycles. The quantitative estimate of drug-likeness (QED) is 0.582. The lowest BCUT2D eigenvalue weighted by Crippen LogP contribution is -2.44. The highest BCUT2D eigenvalue weighted by Crippen LogP contribution is 2.27. The van der Waals surface area contributed by atoms with Crippen molar-refractivity contribution in [3.63, 3.8) is 0 Å². The molecular formula is C23H26N2O6S. The third-order valence-electron chi connectivity index (χ3n) is 4.75. The number of fused-ring (bicyclic) bond motifs is 1. The van der Waals surface area contributed by atoms with Crippen LogP contribution in [-0.4, -0.2) is 41.2 Å². The van der Waals surface area contributed by atoms with Crippen LogP contribution in [0.1, 0.15) is 31.9 Å². The molecule has 0 unspecified atom stereocenters. The third kappa shape index (κ3) is 5.11. The van der Waals surface area contributed by atoms with Crippen LogP contribution in [0.15, 0.2) is 59.6 Å². The summed E-state index contributed by atoms with van der Waals surface area (Å²) in [6.07, 6.45) is 0.429. The van der Waals surface area contributed by atoms with Crippen molar-refractivity contribution in [2.75, 3.05) is 0 Å². The van der Waals surface area contributed by atoms with Gasteiger partial charge in [-0.15, -0.1) is 0 Å². The molecule has 32 heavy (non-hydrogen) atoms. The van der Waals surface area contributed by atoms with Gasteiger partial charge in [0.25, 0.3) is 10.0 Å². The SMILES string of the molecule is Cc1ccc(S(=O)(=O)n2cc(C[C@@H](NC(=O)OC(C)(C)C)C(=O)O)c3ccccc32)cc1. The van der Waals surface area contributed by atoms with E-state index in [-0.39, 0.29) is 11.3 Å². The number of ether oxygens (including phenoxy) is 1. The van der Waals surface area contributed by atoms with Crippen molar-refractivity contribution in [1.29, 1.82) is 0 Å². The topological polar surface area (TPSA) is 115 Å². The number of aromatic nitrogens is 1. The predicted octanol–water partition coefficient (Wildman–Crippen LogP) is 3.71. The average molecular weight is 459 g/mol. The number of aryl methyl sites for hydroxylation is 1. The normalized spacial score (nSPS) is 13.0. The first-order valence-electron chi connectivity index (χ1n) is 10.0. The zero-order valence-corrected chi connectivity index (χ0v) is 19.1. The first-order chi connectivity index (χ1) is 14.9. The number of amides is 1. The average Bonchev–Trinajstić information content (AvgIpc) is 3.06. The number of hydrogen-bond acceptors (Lipinski definition) is 5. The van der Waals surface area contributed by atoms with Gasteiger partial charge in [0.05, 0.1) is 10.4 Å². The summed E-state index contributed by atoms with van der Waals surface area (Å²) >= 11 is 0. The molecular weight excluding hydrogens is 432 g/mol. The first-order valence-corrected chi connectivity index (χ1v) is 11.5. The molecule has 0 radical (unpaired) electrons. The third-order valence-corrected chi connectivity index (χ3v) is 6.44. The number of alkyl carbamates (subject to hydrolysis) is 1. The minimum absolute atomic E-state index is 0.120. The maximum absolute atomic E-state index is 13.3. The van der Waals surface area contributed by atoms with Gasteiger partial charge in [0.1, 0.15) is 11.6 Å². The molecule has 3 aromatic rings. The van der Waals surface area contributed by atoms with E-state index in [1.807, 2.05) is 6.92 Å². The second-order valence-electron chi connectivity index (χ2n) is 8.53. The molecule has 9 heteroatoms. The van der Waals surface area contributed by atoms with Crippen molar-refractivity contribution in [1.82, 2.24) is 9.29 Å². The molecule has 1 heterocycles. The van der Waals surface area contributed by atoms with Crippen LogP contribution in [0.5, 0.6) is 0 Å². The Kier molecular flexibility index (Phi) is 6.32. The number of carbonyl (C=O) groups excluding carboxylic acids is 1. The van der Waals surface area contributed by atoms with E-state index in [2.05, 4.69) is 5.32 Å². The molecule has 1 atom stereocenters. The van der Waals surface area contributed by atoms with E-state index in [0.29, 0.717) is 16.5 Å². The molecule has 0 bridgehead atoms. The zero-order chi connectivity index (χ0) is 23.7. The van der Waals surface area contributed by atoms with Gasteiger partial charge in [0.2, 0.25) is 0 Å². The molecule has 0 aliphatic heterocycles. The van der Waals surface area contributed by atoms with Gasteiger partial charge in [-0.2, -0.15) is 0 Å². The van der Waals surface area contributed by atoms with Crippen molar-refractivity contribution >= 4 is 33.0 Å². The van der Waals surface area contributed by atoms with Gasteiger partial charge >= 0.3 is 12.1 Å². The Morgan fingerprint density at radius 2 is 1.72 bits per heavy atom. The van der Waals surface area contributed by atoms with Gasteiger partial charge in [-0.1, -0.05) is 35.9 Å². The second kappa shape index (κ2) is 8.66. The van der Waals surface area contributed by atoms with Crippen LogP contribution in [0.4, 0.5) is 4.79 Å². The van der Waals surface area contributed by atoms with E-state index < -0.39 is 33.7 Å². The van der Waals surface area contributed by atoms with Crippen molar-refractivity contribution in [3.05, 3.63) is 65.9 Å². The zero-order valence-electron chi connectivity index (χ0n) is 18.3. The van der Waals surface area contributed by atoms with Crippen LogP contribution >= 0.6 is 0 Å². The highest BCUT2D eigenvalue weighted by atomic mass is 32.2.